The Labute approximate surface area is 230 Å². The Morgan fingerprint density at radius 2 is 1.23 bits per heavy atom. The van der Waals surface area contributed by atoms with Gasteiger partial charge in [0.05, 0.1) is 33.2 Å². The number of aliphatic hydroxyl groups excluding tert-OH is 1. The van der Waals surface area contributed by atoms with Gasteiger partial charge in [0.25, 0.3) is 5.78 Å². The van der Waals surface area contributed by atoms with Gasteiger partial charge in [-0.3, -0.25) is 23.8 Å². The minimum Gasteiger partial charge on any atom is -0.507 e. The number of Topliss-reactive ketones (excluding diaryl/α,β-unsaturated/α-hetero) is 2. The summed E-state index contributed by atoms with van der Waals surface area (Å²) in [7, 11) is -4.83. The Hall–Kier alpha value is -4.57. The van der Waals surface area contributed by atoms with Crippen molar-refractivity contribution >= 4 is 66.5 Å². The number of hydrogen-bond acceptors (Lipinski definition) is 12. The van der Waals surface area contributed by atoms with Gasteiger partial charge in [-0.25, -0.2) is 26.4 Å². The molecule has 0 saturated carbocycles. The van der Waals surface area contributed by atoms with E-state index < -0.39 is 61.5 Å². The van der Waals surface area contributed by atoms with Crippen molar-refractivity contribution in [2.75, 3.05) is 36.2 Å². The summed E-state index contributed by atoms with van der Waals surface area (Å²) in [6.07, 6.45) is 2.03. The molecule has 40 heavy (non-hydrogen) atoms. The first-order valence-electron chi connectivity index (χ1n) is 10.8. The highest BCUT2D eigenvalue weighted by molar-refractivity contribution is 7.92. The summed E-state index contributed by atoms with van der Waals surface area (Å²) >= 11 is 0. The molecular formula is C24H26N2O12S2. The lowest BCUT2D eigenvalue weighted by atomic mass is 10.1. The number of aliphatic hydroxyl groups is 1. The summed E-state index contributed by atoms with van der Waals surface area (Å²) < 4.78 is 57.2. The third-order valence-electron chi connectivity index (χ3n) is 4.34. The van der Waals surface area contributed by atoms with Gasteiger partial charge >= 0.3 is 11.9 Å². The highest BCUT2D eigenvalue weighted by Gasteiger charge is 2.19. The second kappa shape index (κ2) is 14.5. The van der Waals surface area contributed by atoms with Crippen molar-refractivity contribution in [3.63, 3.8) is 0 Å². The van der Waals surface area contributed by atoms with Crippen LogP contribution in [-0.2, 0) is 48.7 Å². The van der Waals surface area contributed by atoms with Crippen LogP contribution in [0.5, 0.6) is 0 Å². The Balaban J connectivity index is 0.000000400. The quantitative estimate of drug-likeness (QED) is 0.0827. The summed E-state index contributed by atoms with van der Waals surface area (Å²) in [5.74, 6) is -5.26. The normalized spacial score (nSPS) is 11.2. The molecule has 3 N–H and O–H groups in total. The maximum Gasteiger partial charge on any atom is 0.378 e. The number of carbonyl (C=O) groups is 5. The number of benzene rings is 2. The number of nitrogens with one attached hydrogen (secondary N) is 2. The number of esters is 2. The van der Waals surface area contributed by atoms with E-state index in [1.165, 1.54) is 48.5 Å². The fourth-order valence-electron chi connectivity index (χ4n) is 2.73. The Kier molecular flexibility index (Phi) is 12.2. The number of methoxy groups -OCH3 is 2. The van der Waals surface area contributed by atoms with Crippen LogP contribution in [0.15, 0.2) is 54.6 Å². The van der Waals surface area contributed by atoms with Gasteiger partial charge in [0.1, 0.15) is 5.76 Å². The van der Waals surface area contributed by atoms with Crippen LogP contribution in [0.4, 0.5) is 11.4 Å². The number of sulfonamides is 2. The van der Waals surface area contributed by atoms with Crippen LogP contribution in [0.2, 0.25) is 0 Å². The number of carbonyl (C=O) groups excluding carboxylic acids is 5. The van der Waals surface area contributed by atoms with E-state index in [9.17, 15) is 45.9 Å². The van der Waals surface area contributed by atoms with E-state index in [1.807, 2.05) is 0 Å². The highest BCUT2D eigenvalue weighted by Crippen LogP contribution is 2.18. The summed E-state index contributed by atoms with van der Waals surface area (Å²) in [5, 5.41) is 9.71. The van der Waals surface area contributed by atoms with E-state index in [1.54, 1.807) is 0 Å². The van der Waals surface area contributed by atoms with Crippen LogP contribution < -0.4 is 9.44 Å². The van der Waals surface area contributed by atoms with E-state index >= 15 is 0 Å². The van der Waals surface area contributed by atoms with E-state index in [4.69, 9.17) is 0 Å². The molecule has 0 aliphatic rings. The summed E-state index contributed by atoms with van der Waals surface area (Å²) in [4.78, 5) is 56.1. The number of anilines is 2. The van der Waals surface area contributed by atoms with Gasteiger partial charge in [0.2, 0.25) is 25.8 Å². The number of hydrogen-bond donors (Lipinski definition) is 3. The molecule has 2 rings (SSSR count). The summed E-state index contributed by atoms with van der Waals surface area (Å²) in [6, 6.07) is 11.3. The molecule has 216 valence electrons. The number of ether oxygens (including phenoxy) is 2. The van der Waals surface area contributed by atoms with Gasteiger partial charge < -0.3 is 14.6 Å². The van der Waals surface area contributed by atoms with Crippen LogP contribution in [0, 0.1) is 0 Å². The molecule has 2 aromatic carbocycles. The molecule has 0 aromatic heterocycles. The lowest BCUT2D eigenvalue weighted by Gasteiger charge is -2.06. The molecule has 0 spiro atoms. The molecule has 0 unspecified atom stereocenters. The van der Waals surface area contributed by atoms with Crippen LogP contribution in [0.1, 0.15) is 22.3 Å². The second-order valence-electron chi connectivity index (χ2n) is 7.81. The zero-order chi connectivity index (χ0) is 30.7. The molecule has 0 atom stereocenters. The average molecular weight is 599 g/mol. The third-order valence-corrected chi connectivity index (χ3v) is 5.55. The molecule has 0 bridgehead atoms. The topological polar surface area (TPSA) is 216 Å². The summed E-state index contributed by atoms with van der Waals surface area (Å²) in [5.41, 5.74) is 0.714. The predicted molar refractivity (Wildman–Crippen MR) is 143 cm³/mol. The maximum absolute atomic E-state index is 11.8. The van der Waals surface area contributed by atoms with Crippen molar-refractivity contribution in [2.45, 2.75) is 6.42 Å². The molecule has 2 aromatic rings. The molecule has 0 amide bonds. The minimum atomic E-state index is -3.46. The molecule has 0 aliphatic carbocycles. The van der Waals surface area contributed by atoms with Crippen molar-refractivity contribution in [1.29, 1.82) is 0 Å². The molecule has 16 heteroatoms. The maximum atomic E-state index is 11.8. The van der Waals surface area contributed by atoms with E-state index in [2.05, 4.69) is 18.9 Å². The van der Waals surface area contributed by atoms with Gasteiger partial charge in [-0.05, 0) is 24.3 Å². The van der Waals surface area contributed by atoms with Crippen LogP contribution in [0.25, 0.3) is 5.76 Å². The molecular weight excluding hydrogens is 572 g/mol. The first-order valence-corrected chi connectivity index (χ1v) is 14.6. The van der Waals surface area contributed by atoms with Crippen molar-refractivity contribution in [2.24, 2.45) is 0 Å². The monoisotopic (exact) mass is 598 g/mol. The first kappa shape index (κ1) is 33.5. The van der Waals surface area contributed by atoms with E-state index in [0.29, 0.717) is 6.08 Å². The van der Waals surface area contributed by atoms with E-state index in [0.717, 1.165) is 26.7 Å². The largest absolute Gasteiger partial charge is 0.507 e. The Morgan fingerprint density at radius 3 is 1.68 bits per heavy atom. The van der Waals surface area contributed by atoms with Crippen molar-refractivity contribution in [1.82, 2.24) is 0 Å². The van der Waals surface area contributed by atoms with Crippen molar-refractivity contribution in [3.8, 4) is 0 Å². The van der Waals surface area contributed by atoms with Gasteiger partial charge in [-0.1, -0.05) is 24.3 Å². The zero-order valence-corrected chi connectivity index (χ0v) is 23.3. The standard InChI is InChI=1S/2C12H13NO6S/c2*1-19-12(16)11(15)7-10(14)8-4-3-5-9(6-8)13-20(2,17)18/h3-6,13H,7H2,1-2H3;3-7,13-14H,1-2H3/b;10-7-. The number of rotatable bonds is 11. The molecule has 14 nitrogen and oxygen atoms in total. The van der Waals surface area contributed by atoms with E-state index in [-0.39, 0.29) is 22.5 Å². The molecule has 0 saturated heterocycles. The minimum absolute atomic E-state index is 0.121. The Bertz CT molecular complexity index is 1540. The predicted octanol–water partition coefficient (Wildman–Crippen LogP) is 1.07. The molecule has 0 fully saturated rings. The van der Waals surface area contributed by atoms with Gasteiger partial charge in [0, 0.05) is 28.6 Å². The summed E-state index contributed by atoms with van der Waals surface area (Å²) in [6.45, 7) is 0. The molecule has 0 aliphatic heterocycles. The second-order valence-corrected chi connectivity index (χ2v) is 11.3. The van der Waals surface area contributed by atoms with Gasteiger partial charge in [0.15, 0.2) is 5.78 Å². The fraction of sp³-hybridized carbons (Fsp3) is 0.208. The fourth-order valence-corrected chi connectivity index (χ4v) is 3.84. The third kappa shape index (κ3) is 12.3. The lowest BCUT2D eigenvalue weighted by molar-refractivity contribution is -0.151. The van der Waals surface area contributed by atoms with Crippen LogP contribution in [0.3, 0.4) is 0 Å². The van der Waals surface area contributed by atoms with Crippen LogP contribution >= 0.6 is 0 Å². The number of ketones is 3. The van der Waals surface area contributed by atoms with Crippen LogP contribution in [-0.4, -0.2) is 78.0 Å². The smallest absolute Gasteiger partial charge is 0.378 e. The Morgan fingerprint density at radius 1 is 0.775 bits per heavy atom. The van der Waals surface area contributed by atoms with Gasteiger partial charge in [-0.15, -0.1) is 0 Å². The lowest BCUT2D eigenvalue weighted by Crippen LogP contribution is -2.19. The SMILES string of the molecule is COC(=O)C(=O)/C=C(\O)c1cccc(NS(C)(=O)=O)c1.COC(=O)C(=O)CC(=O)c1cccc(NS(C)(=O)=O)c1. The highest BCUT2D eigenvalue weighted by atomic mass is 32.2. The molecule has 0 radical (unpaired) electrons. The molecule has 0 heterocycles. The van der Waals surface area contributed by atoms with Gasteiger partial charge in [-0.2, -0.15) is 0 Å². The first-order chi connectivity index (χ1) is 18.5. The van der Waals surface area contributed by atoms with Crippen molar-refractivity contribution < 1.29 is 55.4 Å². The zero-order valence-electron chi connectivity index (χ0n) is 21.7. The van der Waals surface area contributed by atoms with Crippen molar-refractivity contribution in [3.05, 3.63) is 65.7 Å². The average Bonchev–Trinajstić information content (AvgIpc) is 2.86.